The SMILES string of the molecule is CCC(O)CCc1ccc(OC)cc1F. The Balaban J connectivity index is 2.62. The molecule has 0 saturated carbocycles. The van der Waals surface area contributed by atoms with Gasteiger partial charge in [0.15, 0.2) is 0 Å². The highest BCUT2D eigenvalue weighted by atomic mass is 19.1. The van der Waals surface area contributed by atoms with Gasteiger partial charge < -0.3 is 9.84 Å². The molecular weight excluding hydrogens is 195 g/mol. The highest BCUT2D eigenvalue weighted by molar-refractivity contribution is 5.28. The van der Waals surface area contributed by atoms with Crippen molar-refractivity contribution in [3.8, 4) is 5.75 Å². The number of rotatable bonds is 5. The first-order valence-corrected chi connectivity index (χ1v) is 5.17. The van der Waals surface area contributed by atoms with Gasteiger partial charge in [0.1, 0.15) is 11.6 Å². The van der Waals surface area contributed by atoms with E-state index in [9.17, 15) is 9.50 Å². The number of aliphatic hydroxyl groups excluding tert-OH is 1. The maximum Gasteiger partial charge on any atom is 0.130 e. The second-order valence-electron chi connectivity index (χ2n) is 3.56. The summed E-state index contributed by atoms with van der Waals surface area (Å²) in [6.45, 7) is 1.91. The zero-order valence-electron chi connectivity index (χ0n) is 9.16. The van der Waals surface area contributed by atoms with Crippen LogP contribution in [0.2, 0.25) is 0 Å². The summed E-state index contributed by atoms with van der Waals surface area (Å²) in [7, 11) is 1.51. The molecule has 1 unspecified atom stereocenters. The first-order valence-electron chi connectivity index (χ1n) is 5.17. The fraction of sp³-hybridized carbons (Fsp3) is 0.500. The van der Waals surface area contributed by atoms with E-state index in [0.717, 1.165) is 0 Å². The topological polar surface area (TPSA) is 29.5 Å². The third-order valence-corrected chi connectivity index (χ3v) is 2.48. The lowest BCUT2D eigenvalue weighted by Gasteiger charge is -2.08. The zero-order chi connectivity index (χ0) is 11.3. The maximum atomic E-state index is 13.4. The van der Waals surface area contributed by atoms with Crippen molar-refractivity contribution in [2.75, 3.05) is 7.11 Å². The average molecular weight is 212 g/mol. The number of benzene rings is 1. The van der Waals surface area contributed by atoms with Gasteiger partial charge >= 0.3 is 0 Å². The molecule has 0 aliphatic carbocycles. The number of methoxy groups -OCH3 is 1. The first kappa shape index (κ1) is 12.0. The molecule has 0 amide bonds. The van der Waals surface area contributed by atoms with E-state index in [-0.39, 0.29) is 11.9 Å². The van der Waals surface area contributed by atoms with Gasteiger partial charge in [0.2, 0.25) is 0 Å². The van der Waals surface area contributed by atoms with Crippen LogP contribution in [-0.2, 0) is 6.42 Å². The average Bonchev–Trinajstić information content (AvgIpc) is 2.26. The number of hydrogen-bond acceptors (Lipinski definition) is 2. The number of aryl methyl sites for hydroxylation is 1. The lowest BCUT2D eigenvalue weighted by atomic mass is 10.0. The Kier molecular flexibility index (Phi) is 4.56. The lowest BCUT2D eigenvalue weighted by molar-refractivity contribution is 0.160. The summed E-state index contributed by atoms with van der Waals surface area (Å²) in [5, 5.41) is 9.36. The van der Waals surface area contributed by atoms with Gasteiger partial charge in [-0.05, 0) is 30.9 Å². The van der Waals surface area contributed by atoms with E-state index in [4.69, 9.17) is 4.74 Å². The quantitative estimate of drug-likeness (QED) is 0.812. The van der Waals surface area contributed by atoms with Crippen LogP contribution in [0.25, 0.3) is 0 Å². The van der Waals surface area contributed by atoms with E-state index in [1.54, 1.807) is 12.1 Å². The van der Waals surface area contributed by atoms with Crippen LogP contribution in [0.4, 0.5) is 4.39 Å². The van der Waals surface area contributed by atoms with Crippen LogP contribution in [0.3, 0.4) is 0 Å². The van der Waals surface area contributed by atoms with E-state index in [0.29, 0.717) is 30.6 Å². The van der Waals surface area contributed by atoms with Gasteiger partial charge in [-0.1, -0.05) is 13.0 Å². The monoisotopic (exact) mass is 212 g/mol. The van der Waals surface area contributed by atoms with Crippen LogP contribution in [0.1, 0.15) is 25.3 Å². The minimum atomic E-state index is -0.341. The van der Waals surface area contributed by atoms with Crippen LogP contribution >= 0.6 is 0 Å². The van der Waals surface area contributed by atoms with Gasteiger partial charge in [-0.15, -0.1) is 0 Å². The van der Waals surface area contributed by atoms with Crippen molar-refractivity contribution in [1.82, 2.24) is 0 Å². The van der Waals surface area contributed by atoms with Crippen LogP contribution < -0.4 is 4.74 Å². The van der Waals surface area contributed by atoms with Gasteiger partial charge in [-0.2, -0.15) is 0 Å². The van der Waals surface area contributed by atoms with Gasteiger partial charge in [-0.3, -0.25) is 0 Å². The summed E-state index contributed by atoms with van der Waals surface area (Å²) >= 11 is 0. The van der Waals surface area contributed by atoms with Gasteiger partial charge in [0, 0.05) is 6.07 Å². The van der Waals surface area contributed by atoms with E-state index in [2.05, 4.69) is 0 Å². The Morgan fingerprint density at radius 2 is 2.20 bits per heavy atom. The fourth-order valence-electron chi connectivity index (χ4n) is 1.38. The van der Waals surface area contributed by atoms with Crippen molar-refractivity contribution in [3.05, 3.63) is 29.6 Å². The highest BCUT2D eigenvalue weighted by Crippen LogP contribution is 2.18. The molecule has 0 aliphatic rings. The summed E-state index contributed by atoms with van der Waals surface area (Å²) in [6, 6.07) is 4.81. The standard InChI is InChI=1S/C12H17FO2/c1-3-10(14)6-4-9-5-7-11(15-2)8-12(9)13/h5,7-8,10,14H,3-4,6H2,1-2H3. The third-order valence-electron chi connectivity index (χ3n) is 2.48. The predicted molar refractivity (Wildman–Crippen MR) is 57.6 cm³/mol. The number of halogens is 1. The smallest absolute Gasteiger partial charge is 0.130 e. The molecule has 0 aliphatic heterocycles. The molecule has 2 nitrogen and oxygen atoms in total. The third kappa shape index (κ3) is 3.51. The second-order valence-corrected chi connectivity index (χ2v) is 3.56. The zero-order valence-corrected chi connectivity index (χ0v) is 9.16. The molecule has 0 bridgehead atoms. The molecule has 0 spiro atoms. The predicted octanol–water partition coefficient (Wildman–Crippen LogP) is 2.54. The molecule has 0 saturated heterocycles. The minimum absolute atomic E-state index is 0.266. The minimum Gasteiger partial charge on any atom is -0.497 e. The van der Waals surface area contributed by atoms with E-state index in [1.807, 2.05) is 6.92 Å². The van der Waals surface area contributed by atoms with Gasteiger partial charge in [-0.25, -0.2) is 4.39 Å². The Morgan fingerprint density at radius 3 is 2.73 bits per heavy atom. The second kappa shape index (κ2) is 5.71. The molecule has 1 N–H and O–H groups in total. The Labute approximate surface area is 89.7 Å². The van der Waals surface area contributed by atoms with Gasteiger partial charge in [0.05, 0.1) is 13.2 Å². The highest BCUT2D eigenvalue weighted by Gasteiger charge is 2.06. The Morgan fingerprint density at radius 1 is 1.47 bits per heavy atom. The van der Waals surface area contributed by atoms with Crippen molar-refractivity contribution in [2.45, 2.75) is 32.3 Å². The maximum absolute atomic E-state index is 13.4. The largest absolute Gasteiger partial charge is 0.497 e. The Hall–Kier alpha value is -1.09. The van der Waals surface area contributed by atoms with E-state index >= 15 is 0 Å². The van der Waals surface area contributed by atoms with Crippen LogP contribution in [-0.4, -0.2) is 18.3 Å². The van der Waals surface area contributed by atoms with Crippen LogP contribution in [0.15, 0.2) is 18.2 Å². The first-order chi connectivity index (χ1) is 7.17. The van der Waals surface area contributed by atoms with Crippen molar-refractivity contribution >= 4 is 0 Å². The molecule has 1 atom stereocenters. The molecule has 1 aromatic carbocycles. The normalized spacial score (nSPS) is 12.5. The molecule has 3 heteroatoms. The molecule has 0 aromatic heterocycles. The van der Waals surface area contributed by atoms with Crippen molar-refractivity contribution < 1.29 is 14.2 Å². The van der Waals surface area contributed by atoms with Crippen molar-refractivity contribution in [1.29, 1.82) is 0 Å². The summed E-state index contributed by atoms with van der Waals surface area (Å²) in [5.41, 5.74) is 0.628. The summed E-state index contributed by atoms with van der Waals surface area (Å²) in [4.78, 5) is 0. The van der Waals surface area contributed by atoms with Crippen molar-refractivity contribution in [2.24, 2.45) is 0 Å². The number of hydrogen-bond donors (Lipinski definition) is 1. The molecule has 0 fully saturated rings. The Bertz CT molecular complexity index is 312. The number of aliphatic hydroxyl groups is 1. The lowest BCUT2D eigenvalue weighted by Crippen LogP contribution is -2.06. The molecule has 0 heterocycles. The van der Waals surface area contributed by atoms with Crippen LogP contribution in [0.5, 0.6) is 5.75 Å². The summed E-state index contributed by atoms with van der Waals surface area (Å²) in [6.07, 6.45) is 1.52. The molecule has 0 radical (unpaired) electrons. The van der Waals surface area contributed by atoms with E-state index < -0.39 is 0 Å². The molecule has 84 valence electrons. The van der Waals surface area contributed by atoms with E-state index in [1.165, 1.54) is 13.2 Å². The molecular formula is C12H17FO2. The van der Waals surface area contributed by atoms with Crippen LogP contribution in [0, 0.1) is 5.82 Å². The van der Waals surface area contributed by atoms with Crippen molar-refractivity contribution in [3.63, 3.8) is 0 Å². The summed E-state index contributed by atoms with van der Waals surface area (Å²) < 4.78 is 18.3. The fourth-order valence-corrected chi connectivity index (χ4v) is 1.38. The molecule has 15 heavy (non-hydrogen) atoms. The summed E-state index contributed by atoms with van der Waals surface area (Å²) in [5.74, 6) is 0.255. The molecule has 1 rings (SSSR count). The van der Waals surface area contributed by atoms with Gasteiger partial charge in [0.25, 0.3) is 0 Å². The molecule has 1 aromatic rings. The number of ether oxygens (including phenoxy) is 1.